The highest BCUT2D eigenvalue weighted by molar-refractivity contribution is 5.92. The van der Waals surface area contributed by atoms with Crippen LogP contribution in [0.4, 0.5) is 10.5 Å². The van der Waals surface area contributed by atoms with Gasteiger partial charge in [-0.05, 0) is 69.5 Å². The molecule has 0 fully saturated rings. The van der Waals surface area contributed by atoms with Gasteiger partial charge in [0.1, 0.15) is 11.4 Å². The summed E-state index contributed by atoms with van der Waals surface area (Å²) in [6.07, 6.45) is -0.481. The lowest BCUT2D eigenvalue weighted by Gasteiger charge is -2.19. The molecule has 3 amide bonds. The van der Waals surface area contributed by atoms with Crippen molar-refractivity contribution >= 4 is 23.6 Å². The van der Waals surface area contributed by atoms with Crippen LogP contribution in [0.2, 0.25) is 0 Å². The van der Waals surface area contributed by atoms with Gasteiger partial charge >= 0.3 is 6.09 Å². The number of hydrogen-bond acceptors (Lipinski definition) is 5. The molecule has 178 valence electrons. The first-order valence-corrected chi connectivity index (χ1v) is 10.8. The summed E-state index contributed by atoms with van der Waals surface area (Å²) in [6, 6.07) is 12.9. The monoisotopic (exact) mass is 455 g/mol. The van der Waals surface area contributed by atoms with Crippen LogP contribution in [0.5, 0.6) is 5.75 Å². The van der Waals surface area contributed by atoms with E-state index in [4.69, 9.17) is 9.47 Å². The molecule has 8 nitrogen and oxygen atoms in total. The van der Waals surface area contributed by atoms with Gasteiger partial charge in [0.15, 0.2) is 6.61 Å². The van der Waals surface area contributed by atoms with Gasteiger partial charge in [-0.15, -0.1) is 0 Å². The van der Waals surface area contributed by atoms with Gasteiger partial charge in [-0.3, -0.25) is 9.59 Å². The zero-order chi connectivity index (χ0) is 24.4. The summed E-state index contributed by atoms with van der Waals surface area (Å²) in [5, 5.41) is 8.16. The standard InChI is InChI=1S/C25H33N3O5/c1-17-10-11-20(14-18(17)2)32-16-23(30)27-15-19-8-6-7-9-21(19)28-22(29)12-13-26-24(31)33-25(3,4)5/h6-11,14H,12-13,15-16H2,1-5H3,(H,26,31)(H,27,30)(H,28,29). The van der Waals surface area contributed by atoms with Gasteiger partial charge in [0.05, 0.1) is 0 Å². The zero-order valence-corrected chi connectivity index (χ0v) is 19.9. The Hall–Kier alpha value is -3.55. The third kappa shape index (κ3) is 9.64. The van der Waals surface area contributed by atoms with E-state index in [0.717, 1.165) is 16.7 Å². The summed E-state index contributed by atoms with van der Waals surface area (Å²) >= 11 is 0. The number of alkyl carbamates (subject to hydrolysis) is 1. The summed E-state index contributed by atoms with van der Waals surface area (Å²) < 4.78 is 10.7. The predicted octanol–water partition coefficient (Wildman–Crippen LogP) is 3.85. The fourth-order valence-corrected chi connectivity index (χ4v) is 2.80. The van der Waals surface area contributed by atoms with Crippen LogP contribution in [0.25, 0.3) is 0 Å². The van der Waals surface area contributed by atoms with E-state index in [-0.39, 0.29) is 37.9 Å². The quantitative estimate of drug-likeness (QED) is 0.533. The Kier molecular flexibility index (Phi) is 9.27. The topological polar surface area (TPSA) is 106 Å². The van der Waals surface area contributed by atoms with Crippen molar-refractivity contribution < 1.29 is 23.9 Å². The van der Waals surface area contributed by atoms with Gasteiger partial charge < -0.3 is 25.4 Å². The maximum atomic E-state index is 12.3. The number of carbonyl (C=O) groups is 3. The molecule has 0 aliphatic rings. The zero-order valence-electron chi connectivity index (χ0n) is 19.9. The second-order valence-corrected chi connectivity index (χ2v) is 8.70. The largest absolute Gasteiger partial charge is 0.484 e. The molecule has 3 N–H and O–H groups in total. The number of para-hydroxylation sites is 1. The second kappa shape index (κ2) is 11.9. The normalized spacial score (nSPS) is 10.8. The molecule has 2 aromatic carbocycles. The second-order valence-electron chi connectivity index (χ2n) is 8.70. The highest BCUT2D eigenvalue weighted by Gasteiger charge is 2.16. The molecule has 0 saturated heterocycles. The Labute approximate surface area is 195 Å². The number of carbonyl (C=O) groups excluding carboxylic acids is 3. The Balaban J connectivity index is 1.79. The first-order valence-electron chi connectivity index (χ1n) is 10.8. The predicted molar refractivity (Wildman–Crippen MR) is 127 cm³/mol. The van der Waals surface area contributed by atoms with Gasteiger partial charge in [-0.25, -0.2) is 4.79 Å². The van der Waals surface area contributed by atoms with E-state index >= 15 is 0 Å². The SMILES string of the molecule is Cc1ccc(OCC(=O)NCc2ccccc2NC(=O)CCNC(=O)OC(C)(C)C)cc1C. The number of rotatable bonds is 9. The molecule has 33 heavy (non-hydrogen) atoms. The Morgan fingerprint density at radius 3 is 2.33 bits per heavy atom. The lowest BCUT2D eigenvalue weighted by molar-refractivity contribution is -0.123. The number of anilines is 1. The van der Waals surface area contributed by atoms with E-state index in [2.05, 4.69) is 16.0 Å². The fourth-order valence-electron chi connectivity index (χ4n) is 2.80. The molecule has 0 aliphatic carbocycles. The summed E-state index contributed by atoms with van der Waals surface area (Å²) in [4.78, 5) is 36.1. The van der Waals surface area contributed by atoms with Crippen molar-refractivity contribution in [3.8, 4) is 5.75 Å². The minimum Gasteiger partial charge on any atom is -0.484 e. The van der Waals surface area contributed by atoms with Crippen molar-refractivity contribution in [3.05, 3.63) is 59.2 Å². The van der Waals surface area contributed by atoms with Gasteiger partial charge in [-0.1, -0.05) is 24.3 Å². The van der Waals surface area contributed by atoms with Crippen molar-refractivity contribution in [2.24, 2.45) is 0 Å². The molecule has 0 aromatic heterocycles. The Bertz CT molecular complexity index is 982. The van der Waals surface area contributed by atoms with Crippen molar-refractivity contribution in [1.29, 1.82) is 0 Å². The highest BCUT2D eigenvalue weighted by Crippen LogP contribution is 2.17. The van der Waals surface area contributed by atoms with Gasteiger partial charge in [0, 0.05) is 25.2 Å². The van der Waals surface area contributed by atoms with Crippen LogP contribution < -0.4 is 20.7 Å². The maximum Gasteiger partial charge on any atom is 0.407 e. The number of ether oxygens (including phenoxy) is 2. The van der Waals surface area contributed by atoms with Crippen LogP contribution in [0.1, 0.15) is 43.9 Å². The van der Waals surface area contributed by atoms with Crippen molar-refractivity contribution in [1.82, 2.24) is 10.6 Å². The van der Waals surface area contributed by atoms with E-state index in [0.29, 0.717) is 11.4 Å². The van der Waals surface area contributed by atoms with Crippen molar-refractivity contribution in [2.45, 2.75) is 53.2 Å². The molecule has 0 saturated carbocycles. The third-order valence-corrected chi connectivity index (χ3v) is 4.64. The molecule has 0 bridgehead atoms. The molecule has 0 aliphatic heterocycles. The lowest BCUT2D eigenvalue weighted by atomic mass is 10.1. The average Bonchev–Trinajstić information content (AvgIpc) is 2.72. The number of benzene rings is 2. The minimum atomic E-state index is -0.597. The first-order chi connectivity index (χ1) is 15.5. The highest BCUT2D eigenvalue weighted by atomic mass is 16.6. The van der Waals surface area contributed by atoms with E-state index in [9.17, 15) is 14.4 Å². The minimum absolute atomic E-state index is 0.0870. The van der Waals surface area contributed by atoms with Gasteiger partial charge in [-0.2, -0.15) is 0 Å². The summed E-state index contributed by atoms with van der Waals surface area (Å²) in [6.45, 7) is 9.59. The fraction of sp³-hybridized carbons (Fsp3) is 0.400. The van der Waals surface area contributed by atoms with Crippen LogP contribution in [-0.4, -0.2) is 36.7 Å². The summed E-state index contributed by atoms with van der Waals surface area (Å²) in [5.74, 6) is 0.111. The van der Waals surface area contributed by atoms with Gasteiger partial charge in [0.2, 0.25) is 5.91 Å². The number of hydrogen-bond donors (Lipinski definition) is 3. The molecule has 0 spiro atoms. The van der Waals surface area contributed by atoms with Crippen LogP contribution in [0.15, 0.2) is 42.5 Å². The lowest BCUT2D eigenvalue weighted by Crippen LogP contribution is -2.34. The van der Waals surface area contributed by atoms with E-state index in [1.54, 1.807) is 32.9 Å². The van der Waals surface area contributed by atoms with Crippen molar-refractivity contribution in [2.75, 3.05) is 18.5 Å². The van der Waals surface area contributed by atoms with Crippen LogP contribution in [0.3, 0.4) is 0 Å². The number of aryl methyl sites for hydroxylation is 2. The molecule has 2 aromatic rings. The maximum absolute atomic E-state index is 12.3. The molecule has 2 rings (SSSR count). The summed E-state index contributed by atoms with van der Waals surface area (Å²) in [5.41, 5.74) is 3.01. The number of amides is 3. The first kappa shape index (κ1) is 25.7. The van der Waals surface area contributed by atoms with E-state index < -0.39 is 11.7 Å². The van der Waals surface area contributed by atoms with Crippen LogP contribution in [0, 0.1) is 13.8 Å². The average molecular weight is 456 g/mol. The smallest absolute Gasteiger partial charge is 0.407 e. The van der Waals surface area contributed by atoms with Crippen LogP contribution >= 0.6 is 0 Å². The Morgan fingerprint density at radius 2 is 1.64 bits per heavy atom. The number of nitrogens with one attached hydrogen (secondary N) is 3. The molecule has 0 atom stereocenters. The molecule has 0 heterocycles. The van der Waals surface area contributed by atoms with Crippen molar-refractivity contribution in [3.63, 3.8) is 0 Å². The van der Waals surface area contributed by atoms with E-state index in [1.807, 2.05) is 44.2 Å². The molecular weight excluding hydrogens is 422 g/mol. The Morgan fingerprint density at radius 1 is 0.909 bits per heavy atom. The van der Waals surface area contributed by atoms with Crippen LogP contribution in [-0.2, 0) is 20.9 Å². The van der Waals surface area contributed by atoms with Gasteiger partial charge in [0.25, 0.3) is 5.91 Å². The molecular formula is C25H33N3O5. The molecule has 8 heteroatoms. The van der Waals surface area contributed by atoms with E-state index in [1.165, 1.54) is 0 Å². The molecule has 0 radical (unpaired) electrons. The third-order valence-electron chi connectivity index (χ3n) is 4.64. The summed E-state index contributed by atoms with van der Waals surface area (Å²) in [7, 11) is 0. The molecule has 0 unspecified atom stereocenters.